The predicted octanol–water partition coefficient (Wildman–Crippen LogP) is 2.31. The zero-order valence-electron chi connectivity index (χ0n) is 16.9. The van der Waals surface area contributed by atoms with Crippen molar-refractivity contribution in [2.24, 2.45) is 0 Å². The van der Waals surface area contributed by atoms with E-state index in [9.17, 15) is 0 Å². The number of hydrogen-bond acceptors (Lipinski definition) is 7. The van der Waals surface area contributed by atoms with Crippen LogP contribution in [0.3, 0.4) is 0 Å². The maximum Gasteiger partial charge on any atom is 0.165 e. The highest BCUT2D eigenvalue weighted by Gasteiger charge is 2.23. The first-order valence-electron chi connectivity index (χ1n) is 10.2. The summed E-state index contributed by atoms with van der Waals surface area (Å²) in [5, 5.41) is 12.3. The van der Waals surface area contributed by atoms with E-state index < -0.39 is 0 Å². The number of pyridine rings is 1. The van der Waals surface area contributed by atoms with Crippen LogP contribution in [0.25, 0.3) is 11.2 Å². The minimum absolute atomic E-state index is 0.427. The van der Waals surface area contributed by atoms with Crippen LogP contribution in [0.5, 0.6) is 5.75 Å². The quantitative estimate of drug-likeness (QED) is 0.487. The van der Waals surface area contributed by atoms with Crippen LogP contribution in [0.4, 0.5) is 0 Å². The number of likely N-dealkylation sites (tertiary alicyclic amines) is 1. The standard InChI is InChI=1S/C21H24N8O/c1-30-18-6-4-16(5-7-18)13-29-20(24-25-26-29)14-27-11-8-17(9-12-27)28-15-23-19-3-2-10-22-21(19)28/h2-7,10,15,17H,8-9,11-14H2,1H3. The molecule has 4 aromatic rings. The van der Waals surface area contributed by atoms with E-state index in [2.05, 4.69) is 35.0 Å². The fourth-order valence-corrected chi connectivity index (χ4v) is 4.05. The van der Waals surface area contributed by atoms with E-state index in [0.29, 0.717) is 12.6 Å². The second kappa shape index (κ2) is 8.19. The van der Waals surface area contributed by atoms with Crippen molar-refractivity contribution in [3.05, 3.63) is 60.3 Å². The van der Waals surface area contributed by atoms with Crippen molar-refractivity contribution in [1.29, 1.82) is 0 Å². The van der Waals surface area contributed by atoms with Gasteiger partial charge in [0.2, 0.25) is 0 Å². The Morgan fingerprint density at radius 2 is 1.87 bits per heavy atom. The van der Waals surface area contributed by atoms with E-state index in [4.69, 9.17) is 4.74 Å². The predicted molar refractivity (Wildman–Crippen MR) is 111 cm³/mol. The highest BCUT2D eigenvalue weighted by molar-refractivity contribution is 5.70. The minimum atomic E-state index is 0.427. The largest absolute Gasteiger partial charge is 0.497 e. The third-order valence-corrected chi connectivity index (χ3v) is 5.74. The summed E-state index contributed by atoms with van der Waals surface area (Å²) in [5.74, 6) is 1.73. The summed E-state index contributed by atoms with van der Waals surface area (Å²) in [7, 11) is 1.67. The molecule has 0 atom stereocenters. The Morgan fingerprint density at radius 3 is 2.67 bits per heavy atom. The van der Waals surface area contributed by atoms with Crippen LogP contribution in [-0.2, 0) is 13.1 Å². The van der Waals surface area contributed by atoms with Gasteiger partial charge in [-0.1, -0.05) is 12.1 Å². The van der Waals surface area contributed by atoms with E-state index in [0.717, 1.165) is 60.8 Å². The van der Waals surface area contributed by atoms with Crippen molar-refractivity contribution >= 4 is 11.2 Å². The number of benzene rings is 1. The lowest BCUT2D eigenvalue weighted by molar-refractivity contribution is 0.175. The first-order chi connectivity index (χ1) is 14.8. The van der Waals surface area contributed by atoms with Gasteiger partial charge < -0.3 is 9.30 Å². The Kier molecular flexibility index (Phi) is 5.10. The van der Waals surface area contributed by atoms with Crippen LogP contribution < -0.4 is 4.74 Å². The Bertz CT molecular complexity index is 1110. The van der Waals surface area contributed by atoms with E-state index in [1.54, 1.807) is 7.11 Å². The lowest BCUT2D eigenvalue weighted by atomic mass is 10.0. The van der Waals surface area contributed by atoms with Crippen LogP contribution in [0.1, 0.15) is 30.3 Å². The number of rotatable bonds is 6. The molecule has 0 aliphatic carbocycles. The van der Waals surface area contributed by atoms with Gasteiger partial charge in [0, 0.05) is 25.3 Å². The first-order valence-corrected chi connectivity index (χ1v) is 10.2. The van der Waals surface area contributed by atoms with Gasteiger partial charge in [0.1, 0.15) is 11.3 Å². The number of nitrogens with zero attached hydrogens (tertiary/aromatic N) is 8. The molecule has 0 N–H and O–H groups in total. The number of hydrogen-bond donors (Lipinski definition) is 0. The second-order valence-corrected chi connectivity index (χ2v) is 7.61. The van der Waals surface area contributed by atoms with Gasteiger partial charge in [-0.3, -0.25) is 4.90 Å². The Hall–Kier alpha value is -3.33. The van der Waals surface area contributed by atoms with Crippen LogP contribution in [0.15, 0.2) is 48.9 Å². The van der Waals surface area contributed by atoms with Gasteiger partial charge in [0.05, 0.1) is 26.5 Å². The molecule has 0 bridgehead atoms. The van der Waals surface area contributed by atoms with Gasteiger partial charge in [0.15, 0.2) is 11.5 Å². The number of ether oxygens (including phenoxy) is 1. The average molecular weight is 404 g/mol. The van der Waals surface area contributed by atoms with Crippen molar-refractivity contribution < 1.29 is 4.74 Å². The minimum Gasteiger partial charge on any atom is -0.497 e. The van der Waals surface area contributed by atoms with Gasteiger partial charge in [-0.2, -0.15) is 0 Å². The average Bonchev–Trinajstić information content (AvgIpc) is 3.42. The zero-order chi connectivity index (χ0) is 20.3. The number of piperidine rings is 1. The number of methoxy groups -OCH3 is 1. The molecule has 5 rings (SSSR count). The van der Waals surface area contributed by atoms with Gasteiger partial charge >= 0.3 is 0 Å². The lowest BCUT2D eigenvalue weighted by Gasteiger charge is -2.32. The molecule has 1 aromatic carbocycles. The fraction of sp³-hybridized carbons (Fsp3) is 0.381. The highest BCUT2D eigenvalue weighted by Crippen LogP contribution is 2.26. The summed E-state index contributed by atoms with van der Waals surface area (Å²) >= 11 is 0. The summed E-state index contributed by atoms with van der Waals surface area (Å²) < 4.78 is 9.32. The van der Waals surface area contributed by atoms with Crippen LogP contribution in [0, 0.1) is 0 Å². The molecular formula is C21H24N8O. The molecule has 0 amide bonds. The summed E-state index contributed by atoms with van der Waals surface area (Å²) in [6.45, 7) is 3.38. The fourth-order valence-electron chi connectivity index (χ4n) is 4.05. The molecule has 0 spiro atoms. The molecule has 30 heavy (non-hydrogen) atoms. The maximum absolute atomic E-state index is 5.22. The molecule has 154 valence electrons. The van der Waals surface area contributed by atoms with Gasteiger partial charge in [-0.25, -0.2) is 14.6 Å². The Balaban J connectivity index is 1.21. The maximum atomic E-state index is 5.22. The molecule has 4 heterocycles. The molecule has 0 saturated carbocycles. The highest BCUT2D eigenvalue weighted by atomic mass is 16.5. The third-order valence-electron chi connectivity index (χ3n) is 5.74. The summed E-state index contributed by atoms with van der Waals surface area (Å²) in [6, 6.07) is 12.4. The van der Waals surface area contributed by atoms with Crippen molar-refractivity contribution in [1.82, 2.24) is 39.6 Å². The van der Waals surface area contributed by atoms with Crippen LogP contribution >= 0.6 is 0 Å². The van der Waals surface area contributed by atoms with Crippen LogP contribution in [0.2, 0.25) is 0 Å². The van der Waals surface area contributed by atoms with Gasteiger partial charge in [-0.05, 0) is 53.1 Å². The Labute approximate surface area is 174 Å². The Morgan fingerprint density at radius 1 is 1.03 bits per heavy atom. The molecule has 1 aliphatic rings. The summed E-state index contributed by atoms with van der Waals surface area (Å²) in [4.78, 5) is 11.4. The van der Waals surface area contributed by atoms with E-state index >= 15 is 0 Å². The van der Waals surface area contributed by atoms with E-state index in [-0.39, 0.29) is 0 Å². The SMILES string of the molecule is COc1ccc(Cn2nnnc2CN2CCC(n3cnc4cccnc43)CC2)cc1. The molecule has 1 aliphatic heterocycles. The third kappa shape index (κ3) is 3.76. The molecule has 9 nitrogen and oxygen atoms in total. The smallest absolute Gasteiger partial charge is 0.165 e. The molecule has 1 fully saturated rings. The summed E-state index contributed by atoms with van der Waals surface area (Å²) in [5.41, 5.74) is 3.07. The van der Waals surface area contributed by atoms with Crippen LogP contribution in [-0.4, -0.2) is 59.8 Å². The molecular weight excluding hydrogens is 380 g/mol. The van der Waals surface area contributed by atoms with Crippen molar-refractivity contribution in [2.75, 3.05) is 20.2 Å². The normalized spacial score (nSPS) is 15.6. The van der Waals surface area contributed by atoms with Gasteiger partial charge in [-0.15, -0.1) is 5.10 Å². The van der Waals surface area contributed by atoms with Crippen molar-refractivity contribution in [3.63, 3.8) is 0 Å². The lowest BCUT2D eigenvalue weighted by Crippen LogP contribution is -2.35. The topological polar surface area (TPSA) is 86.8 Å². The molecule has 1 saturated heterocycles. The van der Waals surface area contributed by atoms with E-state index in [1.165, 1.54) is 0 Å². The molecule has 9 heteroatoms. The van der Waals surface area contributed by atoms with Crippen molar-refractivity contribution in [2.45, 2.75) is 32.0 Å². The van der Waals surface area contributed by atoms with Crippen molar-refractivity contribution in [3.8, 4) is 5.75 Å². The second-order valence-electron chi connectivity index (χ2n) is 7.61. The molecule has 0 radical (unpaired) electrons. The number of tetrazole rings is 1. The zero-order valence-corrected chi connectivity index (χ0v) is 16.9. The molecule has 0 unspecified atom stereocenters. The number of imidazole rings is 1. The summed E-state index contributed by atoms with van der Waals surface area (Å²) in [6.07, 6.45) is 5.87. The first kappa shape index (κ1) is 18.7. The van der Waals surface area contributed by atoms with Gasteiger partial charge in [0.25, 0.3) is 0 Å². The monoisotopic (exact) mass is 404 g/mol. The van der Waals surface area contributed by atoms with E-state index in [1.807, 2.05) is 53.6 Å². The number of aromatic nitrogens is 7. The number of fused-ring (bicyclic) bond motifs is 1. The molecule has 3 aromatic heterocycles.